The normalized spacial score (nSPS) is 11.5. The van der Waals surface area contributed by atoms with Crippen LogP contribution in [0.3, 0.4) is 0 Å². The zero-order chi connectivity index (χ0) is 13.3. The maximum Gasteiger partial charge on any atom is 0.280 e. The summed E-state index contributed by atoms with van der Waals surface area (Å²) in [6.45, 7) is 0. The van der Waals surface area contributed by atoms with Crippen LogP contribution < -0.4 is 4.72 Å². The Balaban J connectivity index is 2.43. The molecule has 2 heterocycles. The van der Waals surface area contributed by atoms with Gasteiger partial charge < -0.3 is 0 Å². The van der Waals surface area contributed by atoms with Gasteiger partial charge >= 0.3 is 0 Å². The van der Waals surface area contributed by atoms with Crippen molar-refractivity contribution >= 4 is 38.9 Å². The Morgan fingerprint density at radius 3 is 2.67 bits per heavy atom. The molecule has 0 fully saturated rings. The molecule has 0 radical (unpaired) electrons. The molecule has 0 aliphatic carbocycles. The van der Waals surface area contributed by atoms with Gasteiger partial charge in [-0.05, 0) is 12.1 Å². The maximum absolute atomic E-state index is 12.1. The van der Waals surface area contributed by atoms with E-state index in [2.05, 4.69) is 14.8 Å². The van der Waals surface area contributed by atoms with Crippen LogP contribution >= 0.6 is 23.2 Å². The second-order valence-corrected chi connectivity index (χ2v) is 5.73. The summed E-state index contributed by atoms with van der Waals surface area (Å²) >= 11 is 11.6. The highest BCUT2D eigenvalue weighted by atomic mass is 35.5. The molecule has 0 unspecified atom stereocenters. The standard InChI is InChI=1S/C9H8Cl2N4O2S/c1-15-9(6(10)5-13-15)18(16,17)14-7-3-2-4-12-8(7)11/h2-5,14H,1H3. The average molecular weight is 307 g/mol. The predicted molar refractivity (Wildman–Crippen MR) is 68.3 cm³/mol. The first-order valence-electron chi connectivity index (χ1n) is 4.72. The van der Waals surface area contributed by atoms with Gasteiger partial charge in [0.2, 0.25) is 0 Å². The molecule has 2 aromatic heterocycles. The van der Waals surface area contributed by atoms with E-state index in [0.717, 1.165) is 4.68 Å². The van der Waals surface area contributed by atoms with Gasteiger partial charge in [-0.15, -0.1) is 0 Å². The van der Waals surface area contributed by atoms with E-state index < -0.39 is 10.0 Å². The van der Waals surface area contributed by atoms with Gasteiger partial charge in [0.1, 0.15) is 0 Å². The topological polar surface area (TPSA) is 76.9 Å². The fourth-order valence-corrected chi connectivity index (χ4v) is 3.31. The summed E-state index contributed by atoms with van der Waals surface area (Å²) in [5.41, 5.74) is 0.177. The lowest BCUT2D eigenvalue weighted by Gasteiger charge is -2.09. The second kappa shape index (κ2) is 4.75. The van der Waals surface area contributed by atoms with E-state index in [9.17, 15) is 8.42 Å². The number of hydrogen-bond donors (Lipinski definition) is 1. The summed E-state index contributed by atoms with van der Waals surface area (Å²) in [6, 6.07) is 3.06. The van der Waals surface area contributed by atoms with E-state index in [1.54, 1.807) is 6.07 Å². The first-order chi connectivity index (χ1) is 8.42. The number of pyridine rings is 1. The Labute approximate surface area is 114 Å². The van der Waals surface area contributed by atoms with Crippen LogP contribution in [0.5, 0.6) is 0 Å². The van der Waals surface area contributed by atoms with Crippen molar-refractivity contribution in [1.82, 2.24) is 14.8 Å². The van der Waals surface area contributed by atoms with Crippen LogP contribution in [0, 0.1) is 0 Å². The highest BCUT2D eigenvalue weighted by molar-refractivity contribution is 7.92. The molecule has 0 aromatic carbocycles. The summed E-state index contributed by atoms with van der Waals surface area (Å²) in [4.78, 5) is 3.77. The molecule has 1 N–H and O–H groups in total. The number of hydrogen-bond acceptors (Lipinski definition) is 4. The zero-order valence-electron chi connectivity index (χ0n) is 9.13. The molecule has 18 heavy (non-hydrogen) atoms. The number of rotatable bonds is 3. The Morgan fingerprint density at radius 1 is 1.39 bits per heavy atom. The molecule has 0 bridgehead atoms. The number of nitrogens with zero attached hydrogens (tertiary/aromatic N) is 3. The number of nitrogens with one attached hydrogen (secondary N) is 1. The first kappa shape index (κ1) is 13.1. The van der Waals surface area contributed by atoms with Crippen molar-refractivity contribution in [3.63, 3.8) is 0 Å². The Kier molecular flexibility index (Phi) is 3.47. The van der Waals surface area contributed by atoms with Gasteiger partial charge in [-0.1, -0.05) is 23.2 Å². The van der Waals surface area contributed by atoms with Crippen LogP contribution in [0.1, 0.15) is 0 Å². The molecule has 0 aliphatic rings. The van der Waals surface area contributed by atoms with Crippen molar-refractivity contribution in [1.29, 1.82) is 0 Å². The number of aryl methyl sites for hydroxylation is 1. The molecule has 9 heteroatoms. The average Bonchev–Trinajstić information content (AvgIpc) is 2.62. The first-order valence-corrected chi connectivity index (χ1v) is 6.96. The van der Waals surface area contributed by atoms with Gasteiger partial charge in [-0.2, -0.15) is 13.5 Å². The second-order valence-electron chi connectivity index (χ2n) is 3.37. The van der Waals surface area contributed by atoms with E-state index in [-0.39, 0.29) is 20.9 Å². The summed E-state index contributed by atoms with van der Waals surface area (Å²) in [5, 5.41) is 3.72. The van der Waals surface area contributed by atoms with Crippen molar-refractivity contribution in [3.8, 4) is 0 Å². The minimum Gasteiger partial charge on any atom is -0.275 e. The van der Waals surface area contributed by atoms with E-state index >= 15 is 0 Å². The summed E-state index contributed by atoms with van der Waals surface area (Å²) < 4.78 is 27.7. The molecule has 2 aromatic rings. The monoisotopic (exact) mass is 306 g/mol. The summed E-state index contributed by atoms with van der Waals surface area (Å²) in [7, 11) is -2.38. The summed E-state index contributed by atoms with van der Waals surface area (Å²) in [5.74, 6) is 0. The van der Waals surface area contributed by atoms with Gasteiger partial charge in [0.15, 0.2) is 10.2 Å². The van der Waals surface area contributed by atoms with Crippen molar-refractivity contribution < 1.29 is 8.42 Å². The number of anilines is 1. The van der Waals surface area contributed by atoms with Gasteiger partial charge in [0.05, 0.1) is 16.9 Å². The van der Waals surface area contributed by atoms with E-state index in [4.69, 9.17) is 23.2 Å². The molecular weight excluding hydrogens is 299 g/mol. The van der Waals surface area contributed by atoms with Crippen molar-refractivity contribution in [3.05, 3.63) is 34.7 Å². The lowest BCUT2D eigenvalue weighted by molar-refractivity contribution is 0.582. The molecular formula is C9H8Cl2N4O2S. The van der Waals surface area contributed by atoms with Gasteiger partial charge in [0, 0.05) is 13.2 Å². The van der Waals surface area contributed by atoms with Crippen molar-refractivity contribution in [2.24, 2.45) is 7.05 Å². The number of aromatic nitrogens is 3. The quantitative estimate of drug-likeness (QED) is 0.879. The molecule has 0 aliphatic heterocycles. The van der Waals surface area contributed by atoms with Gasteiger partial charge in [0.25, 0.3) is 10.0 Å². The van der Waals surface area contributed by atoms with Crippen LogP contribution in [0.25, 0.3) is 0 Å². The molecule has 2 rings (SSSR count). The Bertz CT molecular complexity index is 664. The molecule has 0 saturated carbocycles. The minimum atomic E-state index is -3.86. The predicted octanol–water partition coefficient (Wildman–Crippen LogP) is 1.92. The van der Waals surface area contributed by atoms with Gasteiger partial charge in [-0.3, -0.25) is 9.40 Å². The third kappa shape index (κ3) is 2.43. The van der Waals surface area contributed by atoms with Crippen molar-refractivity contribution in [2.45, 2.75) is 5.03 Å². The van der Waals surface area contributed by atoms with Crippen LogP contribution in [0.4, 0.5) is 5.69 Å². The SMILES string of the molecule is Cn1ncc(Cl)c1S(=O)(=O)Nc1cccnc1Cl. The highest BCUT2D eigenvalue weighted by Crippen LogP contribution is 2.25. The fraction of sp³-hybridized carbons (Fsp3) is 0.111. The molecule has 96 valence electrons. The Morgan fingerprint density at radius 2 is 2.11 bits per heavy atom. The lowest BCUT2D eigenvalue weighted by atomic mass is 10.4. The molecule has 0 atom stereocenters. The lowest BCUT2D eigenvalue weighted by Crippen LogP contribution is -2.17. The Hall–Kier alpha value is -1.31. The number of sulfonamides is 1. The highest BCUT2D eigenvalue weighted by Gasteiger charge is 2.23. The smallest absolute Gasteiger partial charge is 0.275 e. The van der Waals surface area contributed by atoms with Gasteiger partial charge in [-0.25, -0.2) is 4.98 Å². The molecule has 0 saturated heterocycles. The fourth-order valence-electron chi connectivity index (χ4n) is 1.36. The maximum atomic E-state index is 12.1. The largest absolute Gasteiger partial charge is 0.280 e. The molecule has 0 amide bonds. The van der Waals surface area contributed by atoms with Crippen molar-refractivity contribution in [2.75, 3.05) is 4.72 Å². The third-order valence-electron chi connectivity index (χ3n) is 2.10. The van der Waals surface area contributed by atoms with Crippen LogP contribution in [-0.4, -0.2) is 23.2 Å². The van der Waals surface area contributed by atoms with Crippen LogP contribution in [0.2, 0.25) is 10.2 Å². The van der Waals surface area contributed by atoms with Crippen LogP contribution in [0.15, 0.2) is 29.6 Å². The zero-order valence-corrected chi connectivity index (χ0v) is 11.5. The molecule has 0 spiro atoms. The van der Waals surface area contributed by atoms with E-state index in [1.807, 2.05) is 0 Å². The van der Waals surface area contributed by atoms with E-state index in [1.165, 1.54) is 25.5 Å². The third-order valence-corrected chi connectivity index (χ3v) is 4.27. The number of halogens is 2. The molecule has 6 nitrogen and oxygen atoms in total. The summed E-state index contributed by atoms with van der Waals surface area (Å²) in [6.07, 6.45) is 2.71. The van der Waals surface area contributed by atoms with Crippen LogP contribution in [-0.2, 0) is 17.1 Å². The minimum absolute atomic E-state index is 0.0324. The van der Waals surface area contributed by atoms with E-state index in [0.29, 0.717) is 0 Å².